The SMILES string of the molecule is O=C1[C@H](OCc2ccccc2)[C@@H](OCc2ccccc2)C(=O)N1Cc1ccccc1. The average Bonchev–Trinajstić information content (AvgIpc) is 3.02. The van der Waals surface area contributed by atoms with E-state index >= 15 is 0 Å². The van der Waals surface area contributed by atoms with Crippen molar-refractivity contribution in [1.82, 2.24) is 4.90 Å². The molecule has 1 saturated heterocycles. The van der Waals surface area contributed by atoms with E-state index in [4.69, 9.17) is 9.47 Å². The largest absolute Gasteiger partial charge is 0.360 e. The molecule has 1 heterocycles. The van der Waals surface area contributed by atoms with Gasteiger partial charge in [-0.1, -0.05) is 91.0 Å². The quantitative estimate of drug-likeness (QED) is 0.540. The minimum absolute atomic E-state index is 0.203. The van der Waals surface area contributed by atoms with Crippen molar-refractivity contribution in [3.05, 3.63) is 108 Å². The zero-order chi connectivity index (χ0) is 20.8. The first-order chi connectivity index (χ1) is 14.7. The molecule has 3 aromatic rings. The fourth-order valence-electron chi connectivity index (χ4n) is 3.43. The van der Waals surface area contributed by atoms with Crippen LogP contribution in [0.4, 0.5) is 0 Å². The molecule has 152 valence electrons. The minimum atomic E-state index is -0.967. The summed E-state index contributed by atoms with van der Waals surface area (Å²) in [6.07, 6.45) is -1.93. The normalized spacial score (nSPS) is 18.7. The van der Waals surface area contributed by atoms with E-state index in [2.05, 4.69) is 0 Å². The Kier molecular flexibility index (Phi) is 6.32. The van der Waals surface area contributed by atoms with E-state index in [1.165, 1.54) is 4.90 Å². The second-order valence-electron chi connectivity index (χ2n) is 7.18. The molecule has 4 rings (SSSR count). The van der Waals surface area contributed by atoms with Crippen molar-refractivity contribution in [2.24, 2.45) is 0 Å². The van der Waals surface area contributed by atoms with Crippen LogP contribution in [-0.4, -0.2) is 28.9 Å². The Morgan fingerprint density at radius 1 is 0.567 bits per heavy atom. The third-order valence-electron chi connectivity index (χ3n) is 5.02. The lowest BCUT2D eigenvalue weighted by Crippen LogP contribution is -2.34. The maximum Gasteiger partial charge on any atom is 0.261 e. The lowest BCUT2D eigenvalue weighted by molar-refractivity contribution is -0.143. The topological polar surface area (TPSA) is 55.8 Å². The number of rotatable bonds is 8. The summed E-state index contributed by atoms with van der Waals surface area (Å²) in [4.78, 5) is 27.4. The van der Waals surface area contributed by atoms with Crippen LogP contribution in [-0.2, 0) is 38.8 Å². The van der Waals surface area contributed by atoms with Crippen LogP contribution in [0.2, 0.25) is 0 Å². The van der Waals surface area contributed by atoms with E-state index in [9.17, 15) is 9.59 Å². The highest BCUT2D eigenvalue weighted by Gasteiger charge is 2.49. The molecule has 0 bridgehead atoms. The summed E-state index contributed by atoms with van der Waals surface area (Å²) in [6, 6.07) is 28.6. The molecule has 0 saturated carbocycles. The molecule has 30 heavy (non-hydrogen) atoms. The maximum absolute atomic E-state index is 13.1. The van der Waals surface area contributed by atoms with Gasteiger partial charge in [0.1, 0.15) is 0 Å². The highest BCUT2D eigenvalue weighted by Crippen LogP contribution is 2.24. The summed E-state index contributed by atoms with van der Waals surface area (Å²) in [5.41, 5.74) is 2.74. The predicted molar refractivity (Wildman–Crippen MR) is 112 cm³/mol. The highest BCUT2D eigenvalue weighted by atomic mass is 16.6. The number of hydrogen-bond donors (Lipinski definition) is 0. The van der Waals surface area contributed by atoms with Crippen LogP contribution in [0.25, 0.3) is 0 Å². The van der Waals surface area contributed by atoms with Gasteiger partial charge >= 0.3 is 0 Å². The van der Waals surface area contributed by atoms with Crippen LogP contribution >= 0.6 is 0 Å². The lowest BCUT2D eigenvalue weighted by atomic mass is 10.2. The molecule has 5 nitrogen and oxygen atoms in total. The lowest BCUT2D eigenvalue weighted by Gasteiger charge is -2.17. The summed E-state index contributed by atoms with van der Waals surface area (Å²) in [6.45, 7) is 0.665. The molecule has 1 aliphatic heterocycles. The molecule has 0 radical (unpaired) electrons. The van der Waals surface area contributed by atoms with E-state index in [-0.39, 0.29) is 31.6 Å². The third kappa shape index (κ3) is 4.64. The monoisotopic (exact) mass is 401 g/mol. The minimum Gasteiger partial charge on any atom is -0.360 e. The highest BCUT2D eigenvalue weighted by molar-refractivity contribution is 6.08. The van der Waals surface area contributed by atoms with Crippen LogP contribution in [0.3, 0.4) is 0 Å². The molecule has 0 unspecified atom stereocenters. The van der Waals surface area contributed by atoms with Gasteiger partial charge in [0.2, 0.25) is 0 Å². The predicted octanol–water partition coefficient (Wildman–Crippen LogP) is 3.73. The maximum atomic E-state index is 13.1. The van der Waals surface area contributed by atoms with Crippen molar-refractivity contribution in [3.63, 3.8) is 0 Å². The summed E-state index contributed by atoms with van der Waals surface area (Å²) in [5, 5.41) is 0. The molecule has 1 fully saturated rings. The van der Waals surface area contributed by atoms with Gasteiger partial charge in [0.15, 0.2) is 12.2 Å². The van der Waals surface area contributed by atoms with Gasteiger partial charge in [-0.05, 0) is 16.7 Å². The Hall–Kier alpha value is -3.28. The number of amides is 2. The smallest absolute Gasteiger partial charge is 0.261 e. The Bertz CT molecular complexity index is 914. The van der Waals surface area contributed by atoms with Gasteiger partial charge in [-0.25, -0.2) is 0 Å². The van der Waals surface area contributed by atoms with Crippen molar-refractivity contribution >= 4 is 11.8 Å². The van der Waals surface area contributed by atoms with E-state index in [0.717, 1.165) is 16.7 Å². The molecule has 1 aliphatic rings. The van der Waals surface area contributed by atoms with E-state index < -0.39 is 12.2 Å². The molecule has 3 aromatic carbocycles. The molecule has 0 aliphatic carbocycles. The molecule has 5 heteroatoms. The summed E-state index contributed by atoms with van der Waals surface area (Å²) >= 11 is 0. The molecule has 2 amide bonds. The van der Waals surface area contributed by atoms with E-state index in [0.29, 0.717) is 0 Å². The molecular weight excluding hydrogens is 378 g/mol. The van der Waals surface area contributed by atoms with Crippen molar-refractivity contribution < 1.29 is 19.1 Å². The van der Waals surface area contributed by atoms with Gasteiger partial charge in [-0.3, -0.25) is 14.5 Å². The summed E-state index contributed by atoms with van der Waals surface area (Å²) < 4.78 is 11.8. The van der Waals surface area contributed by atoms with Crippen LogP contribution in [0.15, 0.2) is 91.0 Å². The first kappa shape index (κ1) is 20.0. The van der Waals surface area contributed by atoms with Crippen molar-refractivity contribution in [2.45, 2.75) is 32.0 Å². The number of nitrogens with zero attached hydrogens (tertiary/aromatic N) is 1. The Morgan fingerprint density at radius 3 is 1.33 bits per heavy atom. The standard InChI is InChI=1S/C25H23NO4/c27-24-22(29-17-20-12-6-2-7-13-20)23(30-18-21-14-8-3-9-15-21)25(28)26(24)16-19-10-4-1-5-11-19/h1-15,22-23H,16-18H2/t22-,23-/m1/s1. The van der Waals surface area contributed by atoms with Crippen LogP contribution in [0.1, 0.15) is 16.7 Å². The number of hydrogen-bond acceptors (Lipinski definition) is 4. The fraction of sp³-hybridized carbons (Fsp3) is 0.200. The van der Waals surface area contributed by atoms with E-state index in [1.807, 2.05) is 91.0 Å². The zero-order valence-corrected chi connectivity index (χ0v) is 16.5. The van der Waals surface area contributed by atoms with Crippen LogP contribution < -0.4 is 0 Å². The number of carbonyl (C=O) groups excluding carboxylic acids is 2. The van der Waals surface area contributed by atoms with E-state index in [1.54, 1.807) is 0 Å². The van der Waals surface area contributed by atoms with Gasteiger partial charge in [0.25, 0.3) is 11.8 Å². The van der Waals surface area contributed by atoms with Gasteiger partial charge in [0.05, 0.1) is 19.8 Å². The number of imide groups is 1. The molecular formula is C25H23NO4. The van der Waals surface area contributed by atoms with Gasteiger partial charge in [-0.15, -0.1) is 0 Å². The van der Waals surface area contributed by atoms with Gasteiger partial charge in [-0.2, -0.15) is 0 Å². The Morgan fingerprint density at radius 2 is 0.933 bits per heavy atom. The average molecular weight is 401 g/mol. The summed E-state index contributed by atoms with van der Waals surface area (Å²) in [5.74, 6) is -0.726. The molecule has 0 aromatic heterocycles. The molecule has 2 atom stereocenters. The number of likely N-dealkylation sites (tertiary alicyclic amines) is 1. The summed E-state index contributed by atoms with van der Waals surface area (Å²) in [7, 11) is 0. The van der Waals surface area contributed by atoms with Gasteiger partial charge in [0, 0.05) is 0 Å². The Balaban J connectivity index is 1.51. The van der Waals surface area contributed by atoms with Crippen molar-refractivity contribution in [3.8, 4) is 0 Å². The first-order valence-electron chi connectivity index (χ1n) is 9.92. The number of carbonyl (C=O) groups is 2. The number of benzene rings is 3. The zero-order valence-electron chi connectivity index (χ0n) is 16.5. The number of ether oxygens (including phenoxy) is 2. The molecule has 0 N–H and O–H groups in total. The van der Waals surface area contributed by atoms with Crippen LogP contribution in [0.5, 0.6) is 0 Å². The van der Waals surface area contributed by atoms with Gasteiger partial charge < -0.3 is 9.47 Å². The second kappa shape index (κ2) is 9.48. The molecule has 0 spiro atoms. The Labute approximate surface area is 175 Å². The fourth-order valence-corrected chi connectivity index (χ4v) is 3.43. The second-order valence-corrected chi connectivity index (χ2v) is 7.18. The van der Waals surface area contributed by atoms with Crippen molar-refractivity contribution in [2.75, 3.05) is 0 Å². The van der Waals surface area contributed by atoms with Crippen molar-refractivity contribution in [1.29, 1.82) is 0 Å². The van der Waals surface area contributed by atoms with Crippen LogP contribution in [0, 0.1) is 0 Å². The first-order valence-corrected chi connectivity index (χ1v) is 9.92. The third-order valence-corrected chi connectivity index (χ3v) is 5.02.